The second-order valence-electron chi connectivity index (χ2n) is 4.31. The molecule has 102 valence electrons. The zero-order valence-electron chi connectivity index (χ0n) is 10.6. The first-order valence-corrected chi connectivity index (χ1v) is 6.60. The molecule has 1 rings (SSSR count). The smallest absolute Gasteiger partial charge is 0.146 e. The zero-order valence-corrected chi connectivity index (χ0v) is 12.2. The largest absolute Gasteiger partial charge is 0.394 e. The molecule has 0 amide bonds. The standard InChI is InChI=1S/C11H19BrN4O2/c1-3-4-13-9-8(12)10(15-7-14-9)16-11(2,5-17)6-18/h7,17-18H,3-6H2,1-2H3,(H2,13,14,15,16). The number of aromatic nitrogens is 2. The summed E-state index contributed by atoms with van der Waals surface area (Å²) in [5.74, 6) is 1.22. The molecule has 0 aliphatic heterocycles. The van der Waals surface area contributed by atoms with Crippen LogP contribution in [0.4, 0.5) is 11.6 Å². The topological polar surface area (TPSA) is 90.3 Å². The Hall–Kier alpha value is -0.920. The lowest BCUT2D eigenvalue weighted by Crippen LogP contribution is -2.43. The van der Waals surface area contributed by atoms with Gasteiger partial charge >= 0.3 is 0 Å². The quantitative estimate of drug-likeness (QED) is 0.604. The Morgan fingerprint density at radius 2 is 1.89 bits per heavy atom. The highest BCUT2D eigenvalue weighted by atomic mass is 79.9. The van der Waals surface area contributed by atoms with Gasteiger partial charge in [0, 0.05) is 6.54 Å². The number of nitrogens with one attached hydrogen (secondary N) is 2. The molecule has 0 aromatic carbocycles. The molecule has 1 aromatic heterocycles. The molecular formula is C11H19BrN4O2. The van der Waals surface area contributed by atoms with E-state index in [1.807, 2.05) is 0 Å². The number of aliphatic hydroxyl groups excluding tert-OH is 2. The molecule has 18 heavy (non-hydrogen) atoms. The third-order valence-corrected chi connectivity index (χ3v) is 3.20. The zero-order chi connectivity index (χ0) is 13.6. The Bertz CT molecular complexity index is 385. The molecular weight excluding hydrogens is 300 g/mol. The molecule has 7 heteroatoms. The highest BCUT2D eigenvalue weighted by Crippen LogP contribution is 2.28. The van der Waals surface area contributed by atoms with Gasteiger partial charge in [0.25, 0.3) is 0 Å². The summed E-state index contributed by atoms with van der Waals surface area (Å²) in [5.41, 5.74) is -0.821. The monoisotopic (exact) mass is 318 g/mol. The minimum atomic E-state index is -0.821. The highest BCUT2D eigenvalue weighted by Gasteiger charge is 2.24. The van der Waals surface area contributed by atoms with Crippen LogP contribution in [0.3, 0.4) is 0 Å². The third-order valence-electron chi connectivity index (χ3n) is 2.45. The molecule has 1 heterocycles. The van der Waals surface area contributed by atoms with Gasteiger partial charge in [0.15, 0.2) is 0 Å². The van der Waals surface area contributed by atoms with Crippen LogP contribution in [0.2, 0.25) is 0 Å². The molecule has 1 aromatic rings. The van der Waals surface area contributed by atoms with Crippen molar-refractivity contribution in [2.75, 3.05) is 30.4 Å². The van der Waals surface area contributed by atoms with Crippen molar-refractivity contribution in [2.45, 2.75) is 25.8 Å². The fraction of sp³-hybridized carbons (Fsp3) is 0.636. The van der Waals surface area contributed by atoms with Crippen molar-refractivity contribution in [2.24, 2.45) is 0 Å². The molecule has 0 radical (unpaired) electrons. The number of anilines is 2. The van der Waals surface area contributed by atoms with Crippen molar-refractivity contribution in [3.63, 3.8) is 0 Å². The van der Waals surface area contributed by atoms with Crippen molar-refractivity contribution in [3.8, 4) is 0 Å². The van der Waals surface area contributed by atoms with Gasteiger partial charge in [-0.2, -0.15) is 0 Å². The molecule has 0 saturated heterocycles. The van der Waals surface area contributed by atoms with Gasteiger partial charge in [-0.15, -0.1) is 0 Å². The maximum atomic E-state index is 9.25. The molecule has 4 N–H and O–H groups in total. The summed E-state index contributed by atoms with van der Waals surface area (Å²) in [6.07, 6.45) is 2.42. The number of rotatable bonds is 7. The van der Waals surface area contributed by atoms with E-state index < -0.39 is 5.54 Å². The van der Waals surface area contributed by atoms with Gasteiger partial charge in [0.2, 0.25) is 0 Å². The maximum Gasteiger partial charge on any atom is 0.146 e. The van der Waals surface area contributed by atoms with Crippen molar-refractivity contribution in [1.82, 2.24) is 9.97 Å². The first-order valence-electron chi connectivity index (χ1n) is 5.80. The first-order chi connectivity index (χ1) is 8.56. The summed E-state index contributed by atoms with van der Waals surface area (Å²) in [4.78, 5) is 8.22. The molecule has 0 bridgehead atoms. The highest BCUT2D eigenvalue weighted by molar-refractivity contribution is 9.10. The average molecular weight is 319 g/mol. The summed E-state index contributed by atoms with van der Waals surface area (Å²) in [5, 5.41) is 24.7. The summed E-state index contributed by atoms with van der Waals surface area (Å²) in [7, 11) is 0. The van der Waals surface area contributed by atoms with Crippen LogP contribution in [-0.4, -0.2) is 45.5 Å². The molecule has 0 unspecified atom stereocenters. The van der Waals surface area contributed by atoms with Crippen molar-refractivity contribution in [3.05, 3.63) is 10.8 Å². The lowest BCUT2D eigenvalue weighted by atomic mass is 10.1. The van der Waals surface area contributed by atoms with Gasteiger partial charge in [-0.1, -0.05) is 6.92 Å². The Kier molecular flexibility index (Phi) is 5.77. The fourth-order valence-corrected chi connectivity index (χ4v) is 1.68. The van der Waals surface area contributed by atoms with E-state index in [-0.39, 0.29) is 13.2 Å². The summed E-state index contributed by atoms with van der Waals surface area (Å²) >= 11 is 3.41. The van der Waals surface area contributed by atoms with E-state index in [1.165, 1.54) is 6.33 Å². The number of hydrogen-bond donors (Lipinski definition) is 4. The van der Waals surface area contributed by atoms with Gasteiger partial charge in [-0.25, -0.2) is 9.97 Å². The predicted octanol–water partition coefficient (Wildman–Crippen LogP) is 1.22. The van der Waals surface area contributed by atoms with Crippen molar-refractivity contribution >= 4 is 27.6 Å². The van der Waals surface area contributed by atoms with Crippen LogP contribution in [-0.2, 0) is 0 Å². The molecule has 0 spiro atoms. The number of nitrogens with zero attached hydrogens (tertiary/aromatic N) is 2. The minimum Gasteiger partial charge on any atom is -0.394 e. The Morgan fingerprint density at radius 1 is 1.28 bits per heavy atom. The van der Waals surface area contributed by atoms with Crippen LogP contribution < -0.4 is 10.6 Å². The van der Waals surface area contributed by atoms with Crippen LogP contribution in [0.25, 0.3) is 0 Å². The van der Waals surface area contributed by atoms with E-state index in [1.54, 1.807) is 6.92 Å². The van der Waals surface area contributed by atoms with E-state index in [9.17, 15) is 10.2 Å². The van der Waals surface area contributed by atoms with Gasteiger partial charge in [-0.3, -0.25) is 0 Å². The normalized spacial score (nSPS) is 11.4. The Morgan fingerprint density at radius 3 is 2.44 bits per heavy atom. The minimum absolute atomic E-state index is 0.197. The van der Waals surface area contributed by atoms with E-state index >= 15 is 0 Å². The van der Waals surface area contributed by atoms with Gasteiger partial charge in [0.05, 0.1) is 18.8 Å². The van der Waals surface area contributed by atoms with Crippen LogP contribution in [0.1, 0.15) is 20.3 Å². The van der Waals surface area contributed by atoms with Crippen LogP contribution in [0.5, 0.6) is 0 Å². The third kappa shape index (κ3) is 3.79. The lowest BCUT2D eigenvalue weighted by molar-refractivity contribution is 0.147. The van der Waals surface area contributed by atoms with E-state index in [0.29, 0.717) is 16.1 Å². The van der Waals surface area contributed by atoms with Gasteiger partial charge in [-0.05, 0) is 29.3 Å². The lowest BCUT2D eigenvalue weighted by Gasteiger charge is -2.27. The van der Waals surface area contributed by atoms with Crippen LogP contribution in [0, 0.1) is 0 Å². The molecule has 0 aliphatic rings. The molecule has 6 nitrogen and oxygen atoms in total. The van der Waals surface area contributed by atoms with E-state index in [0.717, 1.165) is 13.0 Å². The fourth-order valence-electron chi connectivity index (χ4n) is 1.24. The number of hydrogen-bond acceptors (Lipinski definition) is 6. The predicted molar refractivity (Wildman–Crippen MR) is 74.7 cm³/mol. The summed E-state index contributed by atoms with van der Waals surface area (Å²) in [6, 6.07) is 0. The van der Waals surface area contributed by atoms with Crippen molar-refractivity contribution in [1.29, 1.82) is 0 Å². The molecule has 0 fully saturated rings. The van der Waals surface area contributed by atoms with E-state index in [2.05, 4.69) is 43.5 Å². The Labute approximate surface area is 115 Å². The van der Waals surface area contributed by atoms with E-state index in [4.69, 9.17) is 0 Å². The molecule has 0 saturated carbocycles. The van der Waals surface area contributed by atoms with Crippen LogP contribution >= 0.6 is 15.9 Å². The second-order valence-corrected chi connectivity index (χ2v) is 5.11. The molecule has 0 atom stereocenters. The van der Waals surface area contributed by atoms with Gasteiger partial charge in [0.1, 0.15) is 22.4 Å². The summed E-state index contributed by atoms with van der Waals surface area (Å²) < 4.78 is 0.687. The first kappa shape index (κ1) is 15.1. The molecule has 0 aliphatic carbocycles. The maximum absolute atomic E-state index is 9.25. The number of aliphatic hydroxyl groups is 2. The summed E-state index contributed by atoms with van der Waals surface area (Å²) in [6.45, 7) is 4.19. The van der Waals surface area contributed by atoms with Gasteiger partial charge < -0.3 is 20.8 Å². The number of halogens is 1. The van der Waals surface area contributed by atoms with Crippen molar-refractivity contribution < 1.29 is 10.2 Å². The second kappa shape index (κ2) is 6.86. The SMILES string of the molecule is CCCNc1ncnc(NC(C)(CO)CO)c1Br. The average Bonchev–Trinajstić information content (AvgIpc) is 2.39. The Balaban J connectivity index is 2.89. The van der Waals surface area contributed by atoms with Crippen LogP contribution in [0.15, 0.2) is 10.8 Å².